The van der Waals surface area contributed by atoms with Gasteiger partial charge in [0.15, 0.2) is 0 Å². The van der Waals surface area contributed by atoms with E-state index in [0.717, 1.165) is 0 Å². The Morgan fingerprint density at radius 1 is 1.27 bits per heavy atom. The number of halogens is 4. The topological polar surface area (TPSA) is 42.4 Å². The van der Waals surface area contributed by atoms with Crippen LogP contribution in [0.5, 0.6) is 0 Å². The number of anilines is 1. The molecule has 0 spiro atoms. The van der Waals surface area contributed by atoms with Crippen molar-refractivity contribution in [2.45, 2.75) is 32.8 Å². The van der Waals surface area contributed by atoms with Crippen LogP contribution in [0.3, 0.4) is 0 Å². The molecule has 26 heavy (non-hydrogen) atoms. The molecule has 2 aromatic rings. The van der Waals surface area contributed by atoms with Crippen LogP contribution in [0, 0.1) is 5.82 Å². The largest absolute Gasteiger partial charge is 0.443 e. The Morgan fingerprint density at radius 3 is 2.54 bits per heavy atom. The zero-order valence-electron chi connectivity index (χ0n) is 14.6. The van der Waals surface area contributed by atoms with Gasteiger partial charge in [0.05, 0.1) is 21.4 Å². The molecule has 1 amide bonds. The van der Waals surface area contributed by atoms with E-state index in [1.807, 2.05) is 0 Å². The molecule has 4 nitrogen and oxygen atoms in total. The van der Waals surface area contributed by atoms with Gasteiger partial charge in [0, 0.05) is 25.2 Å². The third-order valence-electron chi connectivity index (χ3n) is 3.97. The minimum atomic E-state index is -0.699. The van der Waals surface area contributed by atoms with Crippen molar-refractivity contribution in [3.05, 3.63) is 44.4 Å². The second-order valence-electron chi connectivity index (χ2n) is 7.01. The highest BCUT2D eigenvalue weighted by Gasteiger charge is 2.33. The molecular formula is C18H16Cl3FN2O2. The Hall–Kier alpha value is -1.56. The summed E-state index contributed by atoms with van der Waals surface area (Å²) in [6, 6.07) is 1.29. The van der Waals surface area contributed by atoms with Crippen molar-refractivity contribution >= 4 is 46.6 Å². The minimum absolute atomic E-state index is 0.160. The summed E-state index contributed by atoms with van der Waals surface area (Å²) in [5.74, 6) is -0.667. The summed E-state index contributed by atoms with van der Waals surface area (Å²) < 4.78 is 19.9. The molecule has 0 atom stereocenters. The van der Waals surface area contributed by atoms with Crippen LogP contribution in [0.25, 0.3) is 11.1 Å². The third-order valence-corrected chi connectivity index (χ3v) is 5.10. The average Bonchev–Trinajstić information content (AvgIpc) is 2.88. The van der Waals surface area contributed by atoms with E-state index >= 15 is 0 Å². The van der Waals surface area contributed by atoms with Crippen molar-refractivity contribution in [2.75, 3.05) is 11.9 Å². The number of ether oxygens (including phenoxy) is 1. The summed E-state index contributed by atoms with van der Waals surface area (Å²) in [6.45, 7) is 5.24. The maximum Gasteiger partial charge on any atom is 0.414 e. The fourth-order valence-corrected chi connectivity index (χ4v) is 3.60. The number of carbonyl (C=O) groups excluding carboxylic acids is 1. The highest BCUT2D eigenvalue weighted by atomic mass is 35.5. The zero-order chi connectivity index (χ0) is 19.4. The van der Waals surface area contributed by atoms with Gasteiger partial charge in [0.1, 0.15) is 16.4 Å². The van der Waals surface area contributed by atoms with Gasteiger partial charge in [-0.3, -0.25) is 9.88 Å². The predicted octanol–water partition coefficient (Wildman–Crippen LogP) is 6.12. The van der Waals surface area contributed by atoms with Crippen LogP contribution in [0.15, 0.2) is 12.3 Å². The lowest BCUT2D eigenvalue weighted by atomic mass is 10.0. The second-order valence-corrected chi connectivity index (χ2v) is 8.17. The molecule has 1 aromatic heterocycles. The normalized spacial score (nSPS) is 12.6. The summed E-state index contributed by atoms with van der Waals surface area (Å²) in [7, 11) is 1.49. The van der Waals surface area contributed by atoms with Gasteiger partial charge in [-0.25, -0.2) is 9.18 Å². The lowest BCUT2D eigenvalue weighted by molar-refractivity contribution is 0.0589. The first-order valence-electron chi connectivity index (χ1n) is 7.82. The quantitative estimate of drug-likeness (QED) is 0.479. The summed E-state index contributed by atoms with van der Waals surface area (Å²) in [6.07, 6.45) is 1.16. The van der Waals surface area contributed by atoms with Crippen molar-refractivity contribution in [2.24, 2.45) is 0 Å². The van der Waals surface area contributed by atoms with Crippen molar-refractivity contribution in [1.29, 1.82) is 0 Å². The van der Waals surface area contributed by atoms with Crippen LogP contribution < -0.4 is 4.90 Å². The Bertz CT molecular complexity index is 926. The SMILES string of the molecule is CN(C(=O)OC(C)(C)C)c1c(Cl)c(F)cc2c1Cc1ncc(Cl)c(Cl)c1-2. The van der Waals surface area contributed by atoms with Gasteiger partial charge in [0.2, 0.25) is 0 Å². The molecule has 1 heterocycles. The number of fused-ring (bicyclic) bond motifs is 3. The molecular weight excluding hydrogens is 402 g/mol. The fraction of sp³-hybridized carbons (Fsp3) is 0.333. The monoisotopic (exact) mass is 416 g/mol. The van der Waals surface area contributed by atoms with E-state index in [1.165, 1.54) is 24.2 Å². The van der Waals surface area contributed by atoms with Crippen LogP contribution >= 0.6 is 34.8 Å². The summed E-state index contributed by atoms with van der Waals surface area (Å²) >= 11 is 18.6. The van der Waals surface area contributed by atoms with E-state index in [0.29, 0.717) is 33.8 Å². The number of aromatic nitrogens is 1. The molecule has 0 radical (unpaired) electrons. The summed E-state index contributed by atoms with van der Waals surface area (Å²) in [5.41, 5.74) is 1.92. The van der Waals surface area contributed by atoms with E-state index < -0.39 is 17.5 Å². The first-order chi connectivity index (χ1) is 12.0. The van der Waals surface area contributed by atoms with E-state index in [2.05, 4.69) is 4.98 Å². The highest BCUT2D eigenvalue weighted by Crippen LogP contribution is 2.48. The third kappa shape index (κ3) is 3.24. The highest BCUT2D eigenvalue weighted by molar-refractivity contribution is 6.44. The molecule has 0 saturated carbocycles. The molecule has 0 N–H and O–H groups in total. The molecule has 0 saturated heterocycles. The number of hydrogen-bond donors (Lipinski definition) is 0. The van der Waals surface area contributed by atoms with Gasteiger partial charge < -0.3 is 4.74 Å². The maximum atomic E-state index is 14.5. The van der Waals surface area contributed by atoms with Crippen molar-refractivity contribution in [3.8, 4) is 11.1 Å². The lowest BCUT2D eigenvalue weighted by Crippen LogP contribution is -2.35. The van der Waals surface area contributed by atoms with Crippen molar-refractivity contribution in [3.63, 3.8) is 0 Å². The Morgan fingerprint density at radius 2 is 1.92 bits per heavy atom. The molecule has 0 bridgehead atoms. The predicted molar refractivity (Wildman–Crippen MR) is 102 cm³/mol. The van der Waals surface area contributed by atoms with Crippen LogP contribution in [-0.2, 0) is 11.2 Å². The summed E-state index contributed by atoms with van der Waals surface area (Å²) in [5, 5.41) is 0.408. The molecule has 0 fully saturated rings. The van der Waals surface area contributed by atoms with E-state index in [4.69, 9.17) is 39.5 Å². The summed E-state index contributed by atoms with van der Waals surface area (Å²) in [4.78, 5) is 18.0. The number of nitrogens with zero attached hydrogens (tertiary/aromatic N) is 2. The smallest absolute Gasteiger partial charge is 0.414 e. The van der Waals surface area contributed by atoms with Crippen LogP contribution in [0.4, 0.5) is 14.9 Å². The van der Waals surface area contributed by atoms with Crippen molar-refractivity contribution < 1.29 is 13.9 Å². The Kier molecular flexibility index (Phi) is 4.84. The molecule has 138 valence electrons. The van der Waals surface area contributed by atoms with Crippen LogP contribution in [-0.4, -0.2) is 23.7 Å². The molecule has 8 heteroatoms. The molecule has 3 rings (SSSR count). The lowest BCUT2D eigenvalue weighted by Gasteiger charge is -2.26. The molecule has 1 aliphatic rings. The van der Waals surface area contributed by atoms with E-state index in [-0.39, 0.29) is 15.7 Å². The van der Waals surface area contributed by atoms with Gasteiger partial charge in [-0.1, -0.05) is 34.8 Å². The fourth-order valence-electron chi connectivity index (χ4n) is 2.90. The number of hydrogen-bond acceptors (Lipinski definition) is 3. The van der Waals surface area contributed by atoms with Gasteiger partial charge >= 0.3 is 6.09 Å². The minimum Gasteiger partial charge on any atom is -0.443 e. The molecule has 0 aliphatic heterocycles. The Balaban J connectivity index is 2.16. The maximum absolute atomic E-state index is 14.5. The van der Waals surface area contributed by atoms with Gasteiger partial charge in [-0.15, -0.1) is 0 Å². The second kappa shape index (κ2) is 6.55. The van der Waals surface area contributed by atoms with Gasteiger partial charge in [-0.2, -0.15) is 0 Å². The van der Waals surface area contributed by atoms with Crippen LogP contribution in [0.2, 0.25) is 15.1 Å². The van der Waals surface area contributed by atoms with E-state index in [1.54, 1.807) is 20.8 Å². The number of pyridine rings is 1. The molecule has 0 unspecified atom stereocenters. The van der Waals surface area contributed by atoms with E-state index in [9.17, 15) is 9.18 Å². The van der Waals surface area contributed by atoms with Gasteiger partial charge in [-0.05, 0) is 38.0 Å². The van der Waals surface area contributed by atoms with Crippen LogP contribution in [0.1, 0.15) is 32.0 Å². The number of rotatable bonds is 1. The zero-order valence-corrected chi connectivity index (χ0v) is 16.9. The number of amides is 1. The van der Waals surface area contributed by atoms with Gasteiger partial charge in [0.25, 0.3) is 0 Å². The number of carbonyl (C=O) groups is 1. The Labute approximate surface area is 165 Å². The number of benzene rings is 1. The first-order valence-corrected chi connectivity index (χ1v) is 8.95. The average molecular weight is 418 g/mol. The molecule has 1 aromatic carbocycles. The molecule has 1 aliphatic carbocycles. The standard InChI is InChI=1S/C18H16Cl3FN2O2/c1-18(2,3)26-17(25)24(4)16-9-6-12-13(14(20)10(19)7-23-12)8(9)5-11(22)15(16)21/h5,7H,6H2,1-4H3. The van der Waals surface area contributed by atoms with Crippen molar-refractivity contribution in [1.82, 2.24) is 4.98 Å². The first kappa shape index (κ1) is 19.2.